The molecule has 2 aromatic rings. The maximum absolute atomic E-state index is 12.4. The number of rotatable bonds is 4. The summed E-state index contributed by atoms with van der Waals surface area (Å²) >= 11 is 0. The molecule has 0 saturated heterocycles. The SMILES string of the molecule is CC(=O)Nc1ccc(O)c(C(=O)N[C@@H](C)c2ccccc2C)c1. The van der Waals surface area contributed by atoms with Gasteiger partial charge in [0, 0.05) is 12.6 Å². The second-order valence-electron chi connectivity index (χ2n) is 5.46. The number of phenols is 1. The summed E-state index contributed by atoms with van der Waals surface area (Å²) in [4.78, 5) is 23.5. The number of nitrogens with one attached hydrogen (secondary N) is 2. The van der Waals surface area contributed by atoms with Crippen molar-refractivity contribution < 1.29 is 14.7 Å². The second-order valence-corrected chi connectivity index (χ2v) is 5.46. The van der Waals surface area contributed by atoms with Gasteiger partial charge in [-0.1, -0.05) is 24.3 Å². The van der Waals surface area contributed by atoms with Crippen molar-refractivity contribution in [2.24, 2.45) is 0 Å². The largest absolute Gasteiger partial charge is 0.507 e. The van der Waals surface area contributed by atoms with Crippen molar-refractivity contribution in [3.63, 3.8) is 0 Å². The lowest BCUT2D eigenvalue weighted by molar-refractivity contribution is -0.114. The fourth-order valence-electron chi connectivity index (χ4n) is 2.42. The van der Waals surface area contributed by atoms with Gasteiger partial charge >= 0.3 is 0 Å². The van der Waals surface area contributed by atoms with Crippen molar-refractivity contribution >= 4 is 17.5 Å². The number of aromatic hydroxyl groups is 1. The van der Waals surface area contributed by atoms with Gasteiger partial charge in [0.1, 0.15) is 5.75 Å². The van der Waals surface area contributed by atoms with Gasteiger partial charge in [-0.3, -0.25) is 9.59 Å². The number of aryl methyl sites for hydroxylation is 1. The highest BCUT2D eigenvalue weighted by Crippen LogP contribution is 2.23. The number of anilines is 1. The molecule has 0 spiro atoms. The van der Waals surface area contributed by atoms with Crippen molar-refractivity contribution in [3.8, 4) is 5.75 Å². The molecule has 120 valence electrons. The highest BCUT2D eigenvalue weighted by molar-refractivity contribution is 5.99. The highest BCUT2D eigenvalue weighted by Gasteiger charge is 2.16. The van der Waals surface area contributed by atoms with Crippen LogP contribution in [0.2, 0.25) is 0 Å². The number of phenolic OH excluding ortho intramolecular Hbond substituents is 1. The van der Waals surface area contributed by atoms with Gasteiger partial charge in [-0.2, -0.15) is 0 Å². The number of amides is 2. The minimum absolute atomic E-state index is 0.122. The first-order valence-electron chi connectivity index (χ1n) is 7.35. The zero-order valence-electron chi connectivity index (χ0n) is 13.4. The number of hydrogen-bond donors (Lipinski definition) is 3. The van der Waals surface area contributed by atoms with Crippen molar-refractivity contribution in [1.82, 2.24) is 5.32 Å². The third-order valence-corrected chi connectivity index (χ3v) is 3.56. The van der Waals surface area contributed by atoms with E-state index in [1.807, 2.05) is 38.1 Å². The van der Waals surface area contributed by atoms with E-state index in [9.17, 15) is 14.7 Å². The average Bonchev–Trinajstić information content (AvgIpc) is 2.49. The Kier molecular flexibility index (Phi) is 5.01. The standard InChI is InChI=1S/C18H20N2O3/c1-11-6-4-5-7-15(11)12(2)19-18(23)16-10-14(20-13(3)21)8-9-17(16)22/h4-10,12,22H,1-3H3,(H,19,23)(H,20,21)/t12-/m0/s1. The topological polar surface area (TPSA) is 78.4 Å². The molecular formula is C18H20N2O3. The molecule has 0 aromatic heterocycles. The molecule has 5 nitrogen and oxygen atoms in total. The molecule has 0 saturated carbocycles. The van der Waals surface area contributed by atoms with Crippen LogP contribution in [-0.2, 0) is 4.79 Å². The normalized spacial score (nSPS) is 11.6. The van der Waals surface area contributed by atoms with Crippen LogP contribution in [-0.4, -0.2) is 16.9 Å². The number of carbonyl (C=O) groups is 2. The van der Waals surface area contributed by atoms with Crippen molar-refractivity contribution in [2.75, 3.05) is 5.32 Å². The molecule has 2 rings (SSSR count). The van der Waals surface area contributed by atoms with E-state index in [4.69, 9.17) is 0 Å². The summed E-state index contributed by atoms with van der Waals surface area (Å²) in [6.45, 7) is 5.24. The van der Waals surface area contributed by atoms with Crippen LogP contribution in [0, 0.1) is 6.92 Å². The molecular weight excluding hydrogens is 292 g/mol. The maximum Gasteiger partial charge on any atom is 0.255 e. The van der Waals surface area contributed by atoms with Crippen molar-refractivity contribution in [1.29, 1.82) is 0 Å². The zero-order valence-corrected chi connectivity index (χ0v) is 13.4. The zero-order chi connectivity index (χ0) is 17.0. The molecule has 5 heteroatoms. The number of hydrogen-bond acceptors (Lipinski definition) is 3. The molecule has 0 bridgehead atoms. The Morgan fingerprint density at radius 2 is 1.83 bits per heavy atom. The summed E-state index contributed by atoms with van der Waals surface area (Å²) in [6, 6.07) is 12.0. The molecule has 0 fully saturated rings. The molecule has 0 aliphatic heterocycles. The molecule has 0 radical (unpaired) electrons. The van der Waals surface area contributed by atoms with Crippen LogP contribution in [0.5, 0.6) is 5.75 Å². The van der Waals surface area contributed by atoms with Gasteiger partial charge in [0.25, 0.3) is 5.91 Å². The molecule has 3 N–H and O–H groups in total. The van der Waals surface area contributed by atoms with E-state index >= 15 is 0 Å². The van der Waals surface area contributed by atoms with E-state index in [0.717, 1.165) is 11.1 Å². The Hall–Kier alpha value is -2.82. The molecule has 0 aliphatic rings. The number of benzene rings is 2. The van der Waals surface area contributed by atoms with Crippen LogP contribution >= 0.6 is 0 Å². The Morgan fingerprint density at radius 1 is 1.13 bits per heavy atom. The first kappa shape index (κ1) is 16.5. The highest BCUT2D eigenvalue weighted by atomic mass is 16.3. The monoisotopic (exact) mass is 312 g/mol. The average molecular weight is 312 g/mol. The van der Waals surface area contributed by atoms with Crippen LogP contribution in [0.25, 0.3) is 0 Å². The molecule has 0 heterocycles. The summed E-state index contributed by atoms with van der Waals surface area (Å²) in [5.41, 5.74) is 2.68. The summed E-state index contributed by atoms with van der Waals surface area (Å²) in [6.07, 6.45) is 0. The van der Waals surface area contributed by atoms with Crippen LogP contribution < -0.4 is 10.6 Å². The Labute approximate surface area is 135 Å². The van der Waals surface area contributed by atoms with Crippen molar-refractivity contribution in [3.05, 3.63) is 59.2 Å². The second kappa shape index (κ2) is 6.96. The third-order valence-electron chi connectivity index (χ3n) is 3.56. The summed E-state index contributed by atoms with van der Waals surface area (Å²) < 4.78 is 0. The maximum atomic E-state index is 12.4. The lowest BCUT2D eigenvalue weighted by Gasteiger charge is -2.17. The van der Waals surface area contributed by atoms with Crippen LogP contribution in [0.4, 0.5) is 5.69 Å². The van der Waals surface area contributed by atoms with Gasteiger partial charge in [0.05, 0.1) is 11.6 Å². The fourth-order valence-corrected chi connectivity index (χ4v) is 2.42. The van der Waals surface area contributed by atoms with Gasteiger partial charge in [0.15, 0.2) is 0 Å². The van der Waals surface area contributed by atoms with Crippen LogP contribution in [0.15, 0.2) is 42.5 Å². The quantitative estimate of drug-likeness (QED) is 0.759. The Bertz CT molecular complexity index is 741. The van der Waals surface area contributed by atoms with E-state index in [-0.39, 0.29) is 23.3 Å². The number of carbonyl (C=O) groups excluding carboxylic acids is 2. The van der Waals surface area contributed by atoms with Crippen molar-refractivity contribution in [2.45, 2.75) is 26.8 Å². The minimum atomic E-state index is -0.398. The van der Waals surface area contributed by atoms with Gasteiger partial charge in [-0.15, -0.1) is 0 Å². The van der Waals surface area contributed by atoms with Gasteiger partial charge in [-0.25, -0.2) is 0 Å². The third kappa shape index (κ3) is 4.10. The fraction of sp³-hybridized carbons (Fsp3) is 0.222. The van der Waals surface area contributed by atoms with E-state index in [0.29, 0.717) is 5.69 Å². The predicted molar refractivity (Wildman–Crippen MR) is 89.5 cm³/mol. The van der Waals surface area contributed by atoms with Gasteiger partial charge in [-0.05, 0) is 43.2 Å². The molecule has 2 aromatic carbocycles. The van der Waals surface area contributed by atoms with Gasteiger partial charge in [0.2, 0.25) is 5.91 Å². The summed E-state index contributed by atoms with van der Waals surface area (Å²) in [5.74, 6) is -0.769. The Balaban J connectivity index is 2.20. The van der Waals surface area contributed by atoms with E-state index in [1.165, 1.54) is 25.1 Å². The molecule has 1 atom stereocenters. The predicted octanol–water partition coefficient (Wildman–Crippen LogP) is 3.15. The van der Waals surface area contributed by atoms with Gasteiger partial charge < -0.3 is 15.7 Å². The molecule has 0 aliphatic carbocycles. The minimum Gasteiger partial charge on any atom is -0.507 e. The smallest absolute Gasteiger partial charge is 0.255 e. The van der Waals surface area contributed by atoms with E-state index < -0.39 is 5.91 Å². The van der Waals surface area contributed by atoms with Crippen LogP contribution in [0.1, 0.15) is 41.4 Å². The summed E-state index contributed by atoms with van der Waals surface area (Å²) in [5, 5.41) is 15.4. The molecule has 23 heavy (non-hydrogen) atoms. The lowest BCUT2D eigenvalue weighted by Crippen LogP contribution is -2.27. The van der Waals surface area contributed by atoms with Crippen LogP contribution in [0.3, 0.4) is 0 Å². The first-order valence-corrected chi connectivity index (χ1v) is 7.35. The molecule has 2 amide bonds. The Morgan fingerprint density at radius 3 is 2.48 bits per heavy atom. The summed E-state index contributed by atoms with van der Waals surface area (Å²) in [7, 11) is 0. The lowest BCUT2D eigenvalue weighted by atomic mass is 10.0. The van der Waals surface area contributed by atoms with E-state index in [2.05, 4.69) is 10.6 Å². The molecule has 0 unspecified atom stereocenters. The van der Waals surface area contributed by atoms with E-state index in [1.54, 1.807) is 0 Å². The first-order chi connectivity index (χ1) is 10.9.